The topological polar surface area (TPSA) is 68.7 Å². The number of aryl methyl sites for hydroxylation is 1. The Morgan fingerprint density at radius 1 is 1.14 bits per heavy atom. The number of aromatic nitrogens is 2. The third-order valence-electron chi connectivity index (χ3n) is 6.61. The van der Waals surface area contributed by atoms with Crippen LogP contribution in [-0.2, 0) is 10.7 Å². The van der Waals surface area contributed by atoms with Crippen molar-refractivity contribution in [1.82, 2.24) is 14.9 Å². The molecule has 0 amide bonds. The Morgan fingerprint density at radius 2 is 1.86 bits per heavy atom. The zero-order valence-electron chi connectivity index (χ0n) is 22.0. The molecule has 0 unspecified atom stereocenters. The monoisotopic (exact) mass is 518 g/mol. The number of likely N-dealkylation sites (tertiary alicyclic amines) is 1. The summed E-state index contributed by atoms with van der Waals surface area (Å²) in [4.78, 5) is 11.2. The number of hydrogen-bond donors (Lipinski definition) is 1. The highest BCUT2D eigenvalue weighted by Gasteiger charge is 2.42. The Balaban J connectivity index is 1.67. The van der Waals surface area contributed by atoms with E-state index in [-0.39, 0.29) is 11.0 Å². The van der Waals surface area contributed by atoms with Crippen molar-refractivity contribution >= 4 is 16.7 Å². The van der Waals surface area contributed by atoms with E-state index in [9.17, 15) is 8.78 Å². The van der Waals surface area contributed by atoms with Crippen LogP contribution >= 0.6 is 0 Å². The van der Waals surface area contributed by atoms with Crippen molar-refractivity contribution in [2.75, 3.05) is 52.9 Å². The van der Waals surface area contributed by atoms with Crippen molar-refractivity contribution in [2.45, 2.75) is 32.7 Å². The minimum atomic E-state index is -3.30. The van der Waals surface area contributed by atoms with Crippen LogP contribution < -0.4 is 14.8 Å². The fourth-order valence-corrected chi connectivity index (χ4v) is 5.00. The fourth-order valence-electron chi connectivity index (χ4n) is 5.00. The van der Waals surface area contributed by atoms with Gasteiger partial charge in [0.1, 0.15) is 17.5 Å². The van der Waals surface area contributed by atoms with Gasteiger partial charge in [0.25, 0.3) is 5.92 Å². The van der Waals surface area contributed by atoms with Gasteiger partial charge in [-0.25, -0.2) is 23.1 Å². The van der Waals surface area contributed by atoms with Crippen LogP contribution in [0.4, 0.5) is 19.0 Å². The quantitative estimate of drug-likeness (QED) is 0.389. The van der Waals surface area contributed by atoms with Crippen LogP contribution in [0.3, 0.4) is 0 Å². The van der Waals surface area contributed by atoms with Crippen molar-refractivity contribution in [2.24, 2.45) is 5.41 Å². The number of benzene rings is 2. The molecule has 1 N–H and O–H groups in total. The first-order valence-electron chi connectivity index (χ1n) is 12.1. The molecule has 7 nitrogen and oxygen atoms in total. The van der Waals surface area contributed by atoms with Crippen LogP contribution in [0.5, 0.6) is 11.5 Å². The zero-order chi connectivity index (χ0) is 27.0. The standard InChI is InChI=1S/C27H33F3N4O3/c1-16(18-8-7-9-20(24(18)28)26(3,29)30)31-25-19-10-23(22(36-6)11-21(19)32-17(2)33-25)37-15-27(14-35-5)12-34(4)13-27/h7-11,16H,12-15H2,1-6H3,(H,31,32,33)/t16-/m1/s1. The predicted octanol–water partition coefficient (Wildman–Crippen LogP) is 5.33. The van der Waals surface area contributed by atoms with E-state index in [4.69, 9.17) is 14.2 Å². The molecule has 3 aromatic rings. The molecule has 200 valence electrons. The van der Waals surface area contributed by atoms with E-state index in [2.05, 4.69) is 20.2 Å². The molecule has 37 heavy (non-hydrogen) atoms. The molecule has 1 fully saturated rings. The maximum absolute atomic E-state index is 15.0. The summed E-state index contributed by atoms with van der Waals surface area (Å²) in [7, 11) is 5.28. The average molecular weight is 519 g/mol. The van der Waals surface area contributed by atoms with Gasteiger partial charge in [0.05, 0.1) is 42.9 Å². The van der Waals surface area contributed by atoms with Gasteiger partial charge < -0.3 is 24.4 Å². The van der Waals surface area contributed by atoms with Crippen LogP contribution in [0.25, 0.3) is 10.9 Å². The maximum atomic E-state index is 15.0. The summed E-state index contributed by atoms with van der Waals surface area (Å²) >= 11 is 0. The normalized spacial score (nSPS) is 16.4. The Bertz CT molecular complexity index is 1270. The van der Waals surface area contributed by atoms with Crippen LogP contribution in [0.15, 0.2) is 30.3 Å². The van der Waals surface area contributed by atoms with Gasteiger partial charge in [0.2, 0.25) is 0 Å². The molecule has 0 radical (unpaired) electrons. The molecule has 2 heterocycles. The van der Waals surface area contributed by atoms with Gasteiger partial charge in [0, 0.05) is 44.1 Å². The van der Waals surface area contributed by atoms with Gasteiger partial charge >= 0.3 is 0 Å². The SMILES string of the molecule is COCC1(COc2cc3c(N[C@H](C)c4cccc(C(C)(F)F)c4F)nc(C)nc3cc2OC)CN(C)C1. The predicted molar refractivity (Wildman–Crippen MR) is 136 cm³/mol. The Kier molecular flexibility index (Phi) is 7.52. The van der Waals surface area contributed by atoms with Crippen LogP contribution in [0.2, 0.25) is 0 Å². The van der Waals surface area contributed by atoms with Gasteiger partial charge in [-0.3, -0.25) is 0 Å². The summed E-state index contributed by atoms with van der Waals surface area (Å²) in [5.41, 5.74) is -0.0404. The number of nitrogens with one attached hydrogen (secondary N) is 1. The fraction of sp³-hybridized carbons (Fsp3) is 0.481. The number of rotatable bonds is 10. The third-order valence-corrected chi connectivity index (χ3v) is 6.61. The summed E-state index contributed by atoms with van der Waals surface area (Å²) < 4.78 is 60.1. The molecule has 10 heteroatoms. The lowest BCUT2D eigenvalue weighted by molar-refractivity contribution is -0.0674. The molecule has 1 atom stereocenters. The second-order valence-corrected chi connectivity index (χ2v) is 10.00. The molecule has 4 rings (SSSR count). The van der Waals surface area contributed by atoms with Gasteiger partial charge in [-0.1, -0.05) is 18.2 Å². The molecule has 0 bridgehead atoms. The molecule has 1 aliphatic rings. The van der Waals surface area contributed by atoms with E-state index in [1.165, 1.54) is 12.1 Å². The molecule has 0 spiro atoms. The molecule has 1 saturated heterocycles. The van der Waals surface area contributed by atoms with Gasteiger partial charge in [-0.2, -0.15) is 0 Å². The van der Waals surface area contributed by atoms with Crippen molar-refractivity contribution in [3.8, 4) is 11.5 Å². The second kappa shape index (κ2) is 10.3. The first kappa shape index (κ1) is 26.9. The second-order valence-electron chi connectivity index (χ2n) is 10.00. The summed E-state index contributed by atoms with van der Waals surface area (Å²) in [5, 5.41) is 3.82. The number of nitrogens with zero attached hydrogens (tertiary/aromatic N) is 3. The van der Waals surface area contributed by atoms with Crippen LogP contribution in [-0.4, -0.2) is 62.4 Å². The Labute approximate surface area is 214 Å². The highest BCUT2D eigenvalue weighted by atomic mass is 19.3. The Hall–Kier alpha value is -3.11. The first-order valence-corrected chi connectivity index (χ1v) is 12.1. The molecule has 0 aliphatic carbocycles. The summed E-state index contributed by atoms with van der Waals surface area (Å²) in [6.45, 7) is 6.83. The highest BCUT2D eigenvalue weighted by molar-refractivity contribution is 5.92. The van der Waals surface area contributed by atoms with Gasteiger partial charge in [-0.15, -0.1) is 0 Å². The van der Waals surface area contributed by atoms with Crippen LogP contribution in [0, 0.1) is 18.2 Å². The van der Waals surface area contributed by atoms with E-state index in [1.807, 2.05) is 7.05 Å². The summed E-state index contributed by atoms with van der Waals surface area (Å²) in [6, 6.07) is 6.92. The largest absolute Gasteiger partial charge is 0.493 e. The summed E-state index contributed by atoms with van der Waals surface area (Å²) in [5.74, 6) is -2.27. The molecule has 0 saturated carbocycles. The lowest BCUT2D eigenvalue weighted by Crippen LogP contribution is -2.59. The zero-order valence-corrected chi connectivity index (χ0v) is 22.0. The van der Waals surface area contributed by atoms with Crippen molar-refractivity contribution in [3.05, 3.63) is 53.1 Å². The number of ether oxygens (including phenoxy) is 3. The maximum Gasteiger partial charge on any atom is 0.273 e. The first-order chi connectivity index (χ1) is 17.5. The number of halogens is 3. The van der Waals surface area contributed by atoms with Crippen molar-refractivity contribution in [3.63, 3.8) is 0 Å². The third kappa shape index (κ3) is 5.60. The molecule has 2 aromatic carbocycles. The lowest BCUT2D eigenvalue weighted by atomic mass is 9.82. The molecular formula is C27H33F3N4O3. The lowest BCUT2D eigenvalue weighted by Gasteiger charge is -2.47. The highest BCUT2D eigenvalue weighted by Crippen LogP contribution is 2.38. The minimum Gasteiger partial charge on any atom is -0.493 e. The molecular weight excluding hydrogens is 485 g/mol. The number of fused-ring (bicyclic) bond motifs is 1. The number of hydrogen-bond acceptors (Lipinski definition) is 7. The Morgan fingerprint density at radius 3 is 2.49 bits per heavy atom. The van der Waals surface area contributed by atoms with E-state index >= 15 is 4.39 Å². The average Bonchev–Trinajstić information content (AvgIpc) is 2.80. The van der Waals surface area contributed by atoms with Crippen molar-refractivity contribution in [1.29, 1.82) is 0 Å². The number of methoxy groups -OCH3 is 2. The van der Waals surface area contributed by atoms with Crippen LogP contribution in [0.1, 0.15) is 36.8 Å². The molecule has 1 aromatic heterocycles. The number of alkyl halides is 2. The van der Waals surface area contributed by atoms with E-state index in [0.29, 0.717) is 54.2 Å². The number of anilines is 1. The summed E-state index contributed by atoms with van der Waals surface area (Å²) in [6.07, 6.45) is 0. The van der Waals surface area contributed by atoms with E-state index in [0.717, 1.165) is 19.2 Å². The van der Waals surface area contributed by atoms with Gasteiger partial charge in [0.15, 0.2) is 11.5 Å². The molecule has 1 aliphatic heterocycles. The minimum absolute atomic E-state index is 0.115. The van der Waals surface area contributed by atoms with E-state index in [1.54, 1.807) is 40.2 Å². The van der Waals surface area contributed by atoms with Gasteiger partial charge in [-0.05, 0) is 27.0 Å². The van der Waals surface area contributed by atoms with E-state index < -0.39 is 23.3 Å². The smallest absolute Gasteiger partial charge is 0.273 e. The van der Waals surface area contributed by atoms with Crippen molar-refractivity contribution < 1.29 is 27.4 Å².